The number of fused-ring (bicyclic) bond motifs is 27. The van der Waals surface area contributed by atoms with Crippen LogP contribution in [0.2, 0.25) is 0 Å². The quantitative estimate of drug-likeness (QED) is 0.172. The molecule has 0 saturated heterocycles. The molecule has 0 N–H and O–H groups in total. The highest BCUT2D eigenvalue weighted by molar-refractivity contribution is 6.23. The van der Waals surface area contributed by atoms with E-state index >= 15 is 0 Å². The van der Waals surface area contributed by atoms with Gasteiger partial charge in [-0.05, 0) is 213 Å². The van der Waals surface area contributed by atoms with Crippen LogP contribution in [0.4, 0.5) is 0 Å². The molecule has 0 bridgehead atoms. The van der Waals surface area contributed by atoms with Gasteiger partial charge in [0.2, 0.25) is 11.9 Å². The maximum atomic E-state index is 5.43. The topological polar surface area (TPSA) is 70.2 Å². The lowest BCUT2D eigenvalue weighted by Crippen LogP contribution is -2.15. The van der Waals surface area contributed by atoms with Crippen molar-refractivity contribution in [3.8, 4) is 67.5 Å². The van der Waals surface area contributed by atoms with Crippen molar-refractivity contribution in [2.75, 3.05) is 0 Å². The molecule has 8 nitrogen and oxygen atoms in total. The molecule has 0 unspecified atom stereocenters. The third kappa shape index (κ3) is 8.56. The summed E-state index contributed by atoms with van der Waals surface area (Å²) in [6.45, 7) is 9.46. The number of aromatic nitrogens is 8. The average Bonchev–Trinajstić information content (AvgIpc) is 1.53. The molecule has 2 aliphatic carbocycles. The monoisotopic (exact) mass is 1380 g/mol. The summed E-state index contributed by atoms with van der Waals surface area (Å²) in [5.74, 6) is 1.66. The summed E-state index contributed by atoms with van der Waals surface area (Å²) >= 11 is 0. The van der Waals surface area contributed by atoms with E-state index in [9.17, 15) is 0 Å². The van der Waals surface area contributed by atoms with Crippen LogP contribution >= 0.6 is 0 Å². The minimum absolute atomic E-state index is 0.0566. The lowest BCUT2D eigenvalue weighted by atomic mass is 9.80. The molecule has 6 heterocycles. The molecule has 2 aliphatic rings. The third-order valence-electron chi connectivity index (χ3n) is 24.0. The zero-order valence-electron chi connectivity index (χ0n) is 59.8. The van der Waals surface area contributed by atoms with E-state index in [0.29, 0.717) is 0 Å². The maximum Gasteiger partial charge on any atom is 0.221 e. The van der Waals surface area contributed by atoms with Crippen molar-refractivity contribution in [3.05, 3.63) is 350 Å². The van der Waals surface area contributed by atoms with Crippen molar-refractivity contribution in [1.29, 1.82) is 0 Å². The van der Waals surface area contributed by atoms with Crippen molar-refractivity contribution in [3.63, 3.8) is 0 Å². The van der Waals surface area contributed by atoms with E-state index in [1.165, 1.54) is 132 Å². The second-order valence-electron chi connectivity index (χ2n) is 30.5. The summed E-state index contributed by atoms with van der Waals surface area (Å²) in [5.41, 5.74) is 30.1. The zero-order valence-corrected chi connectivity index (χ0v) is 59.8. The first-order valence-corrected chi connectivity index (χ1v) is 37.3. The predicted octanol–water partition coefficient (Wildman–Crippen LogP) is 25.3. The molecule has 24 rings (SSSR count). The van der Waals surface area contributed by atoms with E-state index < -0.39 is 0 Å². The van der Waals surface area contributed by atoms with E-state index in [1.54, 1.807) is 0 Å². The summed E-state index contributed by atoms with van der Waals surface area (Å²) in [7, 11) is 0. The van der Waals surface area contributed by atoms with Crippen molar-refractivity contribution in [1.82, 2.24) is 37.9 Å². The van der Waals surface area contributed by atoms with Gasteiger partial charge in [0.15, 0.2) is 0 Å². The summed E-state index contributed by atoms with van der Waals surface area (Å²) in [5, 5.41) is 14.4. The predicted molar refractivity (Wildman–Crippen MR) is 449 cm³/mol. The lowest BCUT2D eigenvalue weighted by molar-refractivity contribution is 0.660. The Morgan fingerprint density at radius 3 is 1.09 bits per heavy atom. The van der Waals surface area contributed by atoms with Gasteiger partial charge in [0.1, 0.15) is 11.3 Å². The second-order valence-corrected chi connectivity index (χ2v) is 30.5. The first-order chi connectivity index (χ1) is 53.1. The Bertz CT molecular complexity index is 7700. The van der Waals surface area contributed by atoms with Crippen molar-refractivity contribution in [2.45, 2.75) is 38.5 Å². The van der Waals surface area contributed by atoms with E-state index in [-0.39, 0.29) is 10.8 Å². The molecule has 0 aliphatic heterocycles. The summed E-state index contributed by atoms with van der Waals surface area (Å²) < 4.78 is 9.17. The van der Waals surface area contributed by atoms with Gasteiger partial charge in [-0.1, -0.05) is 252 Å². The second kappa shape index (κ2) is 22.4. The number of benzene rings is 16. The van der Waals surface area contributed by atoms with Crippen molar-refractivity contribution < 1.29 is 0 Å². The van der Waals surface area contributed by atoms with Gasteiger partial charge in [0.25, 0.3) is 0 Å². The Morgan fingerprint density at radius 2 is 0.574 bits per heavy atom. The highest BCUT2D eigenvalue weighted by atomic mass is 15.2. The first-order valence-electron chi connectivity index (χ1n) is 37.3. The fourth-order valence-electron chi connectivity index (χ4n) is 18.8. The number of hydrogen-bond acceptors (Lipinski definition) is 4. The van der Waals surface area contributed by atoms with Crippen LogP contribution in [0, 0.1) is 0 Å². The molecule has 8 heteroatoms. The van der Waals surface area contributed by atoms with Crippen LogP contribution in [0.15, 0.2) is 328 Å². The third-order valence-corrected chi connectivity index (χ3v) is 24.0. The van der Waals surface area contributed by atoms with Gasteiger partial charge in [-0.15, -0.1) is 0 Å². The van der Waals surface area contributed by atoms with E-state index in [4.69, 9.17) is 19.9 Å². The van der Waals surface area contributed by atoms with Crippen LogP contribution in [0.5, 0.6) is 0 Å². The van der Waals surface area contributed by atoms with Gasteiger partial charge in [0.05, 0.1) is 55.2 Å². The number of para-hydroxylation sites is 6. The molecule has 22 aromatic rings. The Morgan fingerprint density at radius 1 is 0.222 bits per heavy atom. The van der Waals surface area contributed by atoms with Gasteiger partial charge in [0, 0.05) is 43.1 Å². The summed E-state index contributed by atoms with van der Waals surface area (Å²) in [4.78, 5) is 21.1. The Labute approximate surface area is 621 Å². The van der Waals surface area contributed by atoms with Crippen LogP contribution < -0.4 is 0 Å². The van der Waals surface area contributed by atoms with Crippen LogP contribution in [-0.2, 0) is 10.8 Å². The van der Waals surface area contributed by atoms with E-state index in [1.807, 2.05) is 0 Å². The first kappa shape index (κ1) is 60.6. The Kier molecular flexibility index (Phi) is 12.5. The normalized spacial score (nSPS) is 13.5. The van der Waals surface area contributed by atoms with Gasteiger partial charge >= 0.3 is 0 Å². The zero-order chi connectivity index (χ0) is 71.4. The highest BCUT2D eigenvalue weighted by Gasteiger charge is 2.38. The molecule has 0 fully saturated rings. The van der Waals surface area contributed by atoms with Crippen LogP contribution in [0.25, 0.3) is 199 Å². The fraction of sp³-hybridized carbons (Fsp3) is 0.0600. The largest absolute Gasteiger partial charge is 0.279 e. The molecule has 0 spiro atoms. The van der Waals surface area contributed by atoms with Crippen molar-refractivity contribution >= 4 is 131 Å². The lowest BCUT2D eigenvalue weighted by Gasteiger charge is -2.23. The molecule has 0 radical (unpaired) electrons. The maximum absolute atomic E-state index is 5.43. The number of hydrogen-bond donors (Lipinski definition) is 0. The average molecular weight is 1380 g/mol. The number of nitrogens with zero attached hydrogens (tertiary/aromatic N) is 8. The van der Waals surface area contributed by atoms with Gasteiger partial charge < -0.3 is 0 Å². The van der Waals surface area contributed by atoms with Gasteiger partial charge in [-0.3, -0.25) is 17.9 Å². The molecular formula is C100H66N8. The van der Waals surface area contributed by atoms with Crippen LogP contribution in [-0.4, -0.2) is 37.9 Å². The number of rotatable bonds is 5. The highest BCUT2D eigenvalue weighted by Crippen LogP contribution is 2.53. The Hall–Kier alpha value is -13.8. The van der Waals surface area contributed by atoms with Gasteiger partial charge in [-0.25, -0.2) is 19.9 Å². The minimum Gasteiger partial charge on any atom is -0.279 e. The molecule has 506 valence electrons. The smallest absolute Gasteiger partial charge is 0.221 e. The Balaban J connectivity index is 0.000000133. The van der Waals surface area contributed by atoms with Crippen LogP contribution in [0.1, 0.15) is 49.9 Å². The minimum atomic E-state index is -0.168. The van der Waals surface area contributed by atoms with Gasteiger partial charge in [-0.2, -0.15) is 0 Å². The standard InChI is InChI=1S/C55H36N4.C45H30N4/c1-55(2)45-31-36(22-26-41(45)42-27-23-37(32-46(42)55)39-18-11-14-33-12-3-5-15-38(33)39)35-25-28-49-44(30-35)52-40-16-6-4-13-34(40)24-29-51(52)58(49)54-57-47-19-8-7-17-43(47)53-56-48-20-9-10-21-50(48)59(53)54;1-45(2)35-15-7-5-13-31(35)32-22-19-29(26-36(32)45)28-21-23-39-34(25-28)42-30-12-4-3-11-27(30)20-24-41(42)48(39)44-47-37-16-8-6-14-33(37)43-46-38-17-9-10-18-40(38)49(43)44/h3-32H,1-2H3;3-26H,1-2H3. The molecule has 0 amide bonds. The number of imidazole rings is 2. The summed E-state index contributed by atoms with van der Waals surface area (Å²) in [6.07, 6.45) is 0. The molecular weight excluding hydrogens is 1310 g/mol. The van der Waals surface area contributed by atoms with Crippen molar-refractivity contribution in [2.24, 2.45) is 0 Å². The van der Waals surface area contributed by atoms with E-state index in [0.717, 1.165) is 89.1 Å². The SMILES string of the molecule is CC1(C)c2cc(-c3ccc4c(c3)c3c5ccccc5ccc3n4-c3nc4ccccc4c4nc5ccccc5n34)ccc2-c2ccc(-c3cccc4ccccc34)cc21.CC1(C)c2ccccc2-c2ccc(-c3ccc4c(c3)c3c5ccccc5ccc3n4-c3nc4ccccc4c4nc5ccccc5n34)cc21. The summed E-state index contributed by atoms with van der Waals surface area (Å²) in [6, 6.07) is 119. The molecule has 0 saturated carbocycles. The molecule has 0 atom stereocenters. The molecule has 16 aromatic carbocycles. The molecule has 6 aromatic heterocycles. The molecule has 108 heavy (non-hydrogen) atoms. The fourth-order valence-corrected chi connectivity index (χ4v) is 18.8. The van der Waals surface area contributed by atoms with Crippen LogP contribution in [0.3, 0.4) is 0 Å². The van der Waals surface area contributed by atoms with E-state index in [2.05, 4.69) is 373 Å².